The molecule has 160 valence electrons. The molecule has 2 aromatic heterocycles. The maximum absolute atomic E-state index is 14.2. The number of halogens is 4. The van der Waals surface area contributed by atoms with Gasteiger partial charge in [-0.3, -0.25) is 9.36 Å². The molecule has 2 heterocycles. The van der Waals surface area contributed by atoms with Crippen LogP contribution in [0.4, 0.5) is 17.6 Å². The predicted molar refractivity (Wildman–Crippen MR) is 101 cm³/mol. The minimum atomic E-state index is -4.67. The molecule has 0 spiro atoms. The molecule has 0 aliphatic heterocycles. The molecule has 0 saturated heterocycles. The number of alkyl halides is 3. The van der Waals surface area contributed by atoms with Crippen LogP contribution in [0.3, 0.4) is 0 Å². The monoisotopic (exact) mass is 424 g/mol. The van der Waals surface area contributed by atoms with Crippen molar-refractivity contribution in [1.82, 2.24) is 19.5 Å². The smallest absolute Gasteiger partial charge is 0.416 e. The Morgan fingerprint density at radius 3 is 2.60 bits per heavy atom. The average Bonchev–Trinajstić information content (AvgIpc) is 3.35. The number of H-pyrrole nitrogens is 1. The topological polar surface area (TPSA) is 72.8 Å². The fourth-order valence-electron chi connectivity index (χ4n) is 3.73. The molecule has 1 aliphatic rings. The number of hydrogen-bond acceptors (Lipinski definition) is 4. The van der Waals surface area contributed by atoms with Gasteiger partial charge in [-0.05, 0) is 37.5 Å². The fraction of sp³-hybridized carbons (Fsp3) is 0.450. The second-order valence-electron chi connectivity index (χ2n) is 7.40. The van der Waals surface area contributed by atoms with Gasteiger partial charge in [0.05, 0.1) is 5.56 Å². The first-order chi connectivity index (χ1) is 14.3. The lowest BCUT2D eigenvalue weighted by atomic mass is 10.1. The normalized spacial score (nSPS) is 15.2. The second-order valence-corrected chi connectivity index (χ2v) is 7.40. The van der Waals surface area contributed by atoms with Crippen molar-refractivity contribution in [3.63, 3.8) is 0 Å². The predicted octanol–water partition coefficient (Wildman–Crippen LogP) is 5.14. The number of hydrogen-bond donors (Lipinski definition) is 1. The number of benzene rings is 1. The lowest BCUT2D eigenvalue weighted by molar-refractivity contribution is -0.137. The highest BCUT2D eigenvalue weighted by atomic mass is 19.4. The third-order valence-corrected chi connectivity index (χ3v) is 5.24. The van der Waals surface area contributed by atoms with E-state index >= 15 is 0 Å². The number of imidazole rings is 1. The lowest BCUT2D eigenvalue weighted by Gasteiger charge is -2.13. The van der Waals surface area contributed by atoms with Crippen LogP contribution in [-0.2, 0) is 12.7 Å². The van der Waals surface area contributed by atoms with Crippen molar-refractivity contribution in [3.8, 4) is 11.8 Å². The molecule has 0 radical (unpaired) electrons. The van der Waals surface area contributed by atoms with Gasteiger partial charge in [0.15, 0.2) is 22.7 Å². The van der Waals surface area contributed by atoms with Crippen molar-refractivity contribution in [2.45, 2.75) is 57.7 Å². The van der Waals surface area contributed by atoms with Crippen LogP contribution in [0.1, 0.15) is 56.3 Å². The van der Waals surface area contributed by atoms with Crippen LogP contribution in [0, 0.1) is 5.82 Å². The van der Waals surface area contributed by atoms with Gasteiger partial charge in [0.1, 0.15) is 5.82 Å². The van der Waals surface area contributed by atoms with Gasteiger partial charge >= 0.3 is 12.2 Å². The van der Waals surface area contributed by atoms with Gasteiger partial charge in [-0.15, -0.1) is 0 Å². The molecule has 1 aliphatic carbocycles. The summed E-state index contributed by atoms with van der Waals surface area (Å²) in [6, 6.07) is 1.73. The number of nitrogens with zero attached hydrogens (tertiary/aromatic N) is 3. The van der Waals surface area contributed by atoms with Crippen LogP contribution in [0.15, 0.2) is 23.0 Å². The molecular weight excluding hydrogens is 404 g/mol. The van der Waals surface area contributed by atoms with Crippen molar-refractivity contribution < 1.29 is 22.3 Å². The Morgan fingerprint density at radius 2 is 1.97 bits per heavy atom. The Bertz CT molecular complexity index is 1130. The summed E-state index contributed by atoms with van der Waals surface area (Å²) in [6.07, 6.45) is 0.0365. The Kier molecular flexibility index (Phi) is 5.25. The maximum atomic E-state index is 14.2. The first kappa shape index (κ1) is 20.4. The Balaban J connectivity index is 1.75. The minimum Gasteiger partial charge on any atom is -0.422 e. The molecule has 1 fully saturated rings. The Morgan fingerprint density at radius 1 is 1.23 bits per heavy atom. The summed E-state index contributed by atoms with van der Waals surface area (Å²) < 4.78 is 59.2. The SMILES string of the molecule is CCCn1c(Oc2ccc(C(F)(F)F)cc2F)nc2nc(C3CCCC3)[nH]c2c1=O. The molecule has 0 unspecified atom stereocenters. The zero-order valence-corrected chi connectivity index (χ0v) is 16.2. The molecule has 30 heavy (non-hydrogen) atoms. The first-order valence-corrected chi connectivity index (χ1v) is 9.83. The maximum Gasteiger partial charge on any atom is 0.416 e. The summed E-state index contributed by atoms with van der Waals surface area (Å²) >= 11 is 0. The van der Waals surface area contributed by atoms with Gasteiger partial charge in [-0.1, -0.05) is 19.8 Å². The number of ether oxygens (including phenoxy) is 1. The summed E-state index contributed by atoms with van der Waals surface area (Å²) in [7, 11) is 0. The quantitative estimate of drug-likeness (QED) is 0.576. The molecule has 1 saturated carbocycles. The standard InChI is InChI=1S/C20H20F4N4O2/c1-2-9-28-18(29)15-17(26-16(25-15)11-5-3-4-6-11)27-19(28)30-14-8-7-12(10-13(14)21)20(22,23)24/h7-8,10-11H,2-6,9H2,1H3,(H,25,26). The molecule has 1 N–H and O–H groups in total. The molecule has 3 aromatic rings. The number of aromatic nitrogens is 4. The van der Waals surface area contributed by atoms with E-state index in [4.69, 9.17) is 4.74 Å². The highest BCUT2D eigenvalue weighted by Gasteiger charge is 2.31. The van der Waals surface area contributed by atoms with E-state index in [1.165, 1.54) is 4.57 Å². The van der Waals surface area contributed by atoms with Crippen molar-refractivity contribution in [2.75, 3.05) is 0 Å². The highest BCUT2D eigenvalue weighted by Crippen LogP contribution is 2.34. The van der Waals surface area contributed by atoms with Crippen molar-refractivity contribution in [3.05, 3.63) is 45.8 Å². The van der Waals surface area contributed by atoms with Crippen molar-refractivity contribution in [2.24, 2.45) is 0 Å². The summed E-state index contributed by atoms with van der Waals surface area (Å²) in [5, 5.41) is 0. The molecule has 1 aromatic carbocycles. The molecule has 4 rings (SSSR count). The van der Waals surface area contributed by atoms with Gasteiger partial charge in [0, 0.05) is 12.5 Å². The lowest BCUT2D eigenvalue weighted by Crippen LogP contribution is -2.23. The van der Waals surface area contributed by atoms with E-state index in [0.29, 0.717) is 24.4 Å². The van der Waals surface area contributed by atoms with E-state index in [1.807, 2.05) is 6.92 Å². The van der Waals surface area contributed by atoms with Gasteiger partial charge in [-0.25, -0.2) is 9.37 Å². The minimum absolute atomic E-state index is 0.150. The zero-order chi connectivity index (χ0) is 21.5. The summed E-state index contributed by atoms with van der Waals surface area (Å²) in [5.74, 6) is -0.732. The van der Waals surface area contributed by atoms with Crippen LogP contribution in [0.5, 0.6) is 11.8 Å². The van der Waals surface area contributed by atoms with Crippen molar-refractivity contribution >= 4 is 11.2 Å². The van der Waals surface area contributed by atoms with Gasteiger partial charge in [0.2, 0.25) is 0 Å². The van der Waals surface area contributed by atoms with Crippen LogP contribution >= 0.6 is 0 Å². The van der Waals surface area contributed by atoms with E-state index in [1.54, 1.807) is 0 Å². The molecule has 6 nitrogen and oxygen atoms in total. The third-order valence-electron chi connectivity index (χ3n) is 5.24. The number of rotatable bonds is 5. The molecule has 0 amide bonds. The van der Waals surface area contributed by atoms with Gasteiger partial charge in [-0.2, -0.15) is 18.2 Å². The summed E-state index contributed by atoms with van der Waals surface area (Å²) in [4.78, 5) is 24.7. The van der Waals surface area contributed by atoms with Gasteiger partial charge < -0.3 is 9.72 Å². The van der Waals surface area contributed by atoms with E-state index in [0.717, 1.165) is 31.7 Å². The molecule has 10 heteroatoms. The van der Waals surface area contributed by atoms with Crippen molar-refractivity contribution in [1.29, 1.82) is 0 Å². The molecular formula is C20H20F4N4O2. The summed E-state index contributed by atoms with van der Waals surface area (Å²) in [6.45, 7) is 2.09. The van der Waals surface area contributed by atoms with E-state index < -0.39 is 28.9 Å². The largest absolute Gasteiger partial charge is 0.422 e. The van der Waals surface area contributed by atoms with E-state index in [2.05, 4.69) is 15.0 Å². The third kappa shape index (κ3) is 3.78. The zero-order valence-electron chi connectivity index (χ0n) is 16.2. The highest BCUT2D eigenvalue weighted by molar-refractivity contribution is 5.70. The number of nitrogens with one attached hydrogen (secondary N) is 1. The van der Waals surface area contributed by atoms with Crippen LogP contribution < -0.4 is 10.3 Å². The average molecular weight is 424 g/mol. The number of aromatic amines is 1. The fourth-order valence-corrected chi connectivity index (χ4v) is 3.73. The first-order valence-electron chi connectivity index (χ1n) is 9.83. The Labute approximate surface area is 168 Å². The van der Waals surface area contributed by atoms with Crippen LogP contribution in [-0.4, -0.2) is 19.5 Å². The second kappa shape index (κ2) is 7.73. The molecule has 0 atom stereocenters. The van der Waals surface area contributed by atoms with Gasteiger partial charge in [0.25, 0.3) is 5.56 Å². The van der Waals surface area contributed by atoms with Crippen LogP contribution in [0.2, 0.25) is 0 Å². The van der Waals surface area contributed by atoms with E-state index in [9.17, 15) is 22.4 Å². The summed E-state index contributed by atoms with van der Waals surface area (Å²) in [5.41, 5.74) is -1.15. The van der Waals surface area contributed by atoms with E-state index in [-0.39, 0.29) is 29.6 Å². The van der Waals surface area contributed by atoms with Crippen LogP contribution in [0.25, 0.3) is 11.2 Å². The Hall–Kier alpha value is -2.91. The number of fused-ring (bicyclic) bond motifs is 1. The molecule has 0 bridgehead atoms.